The molecule has 0 bridgehead atoms. The number of nitrogens with one attached hydrogen (secondary N) is 1. The Morgan fingerprint density at radius 3 is 2.59 bits per heavy atom. The number of hydrogen-bond acceptors (Lipinski definition) is 5. The first-order valence-electron chi connectivity index (χ1n) is 10.9. The highest BCUT2D eigenvalue weighted by Crippen LogP contribution is 2.32. The third-order valence-corrected chi connectivity index (χ3v) is 6.04. The Balaban J connectivity index is 1.87. The minimum atomic E-state index is -3.04. The molecule has 4 rings (SSSR count). The number of benzene rings is 2. The van der Waals surface area contributed by atoms with E-state index in [1.165, 1.54) is 12.1 Å². The number of aryl methyl sites for hydroxylation is 1. The number of carbonyl (C=O) groups is 1. The summed E-state index contributed by atoms with van der Waals surface area (Å²) in [6, 6.07) is 6.10. The number of fused-ring (bicyclic) bond motifs is 1. The maximum absolute atomic E-state index is 14.0. The zero-order valence-corrected chi connectivity index (χ0v) is 18.6. The second kappa shape index (κ2) is 9.46. The molecule has 1 atom stereocenters. The van der Waals surface area contributed by atoms with Gasteiger partial charge in [-0.05, 0) is 56.5 Å². The first kappa shape index (κ1) is 23.7. The van der Waals surface area contributed by atoms with E-state index in [9.17, 15) is 27.9 Å². The number of hydrogen-bond donors (Lipinski definition) is 2. The Labute approximate surface area is 193 Å². The molecule has 0 spiro atoms. The summed E-state index contributed by atoms with van der Waals surface area (Å²) in [5.41, 5.74) is 0.579. The Kier molecular flexibility index (Phi) is 6.60. The summed E-state index contributed by atoms with van der Waals surface area (Å²) in [7, 11) is 0. The number of ether oxygens (including phenoxy) is 1. The lowest BCUT2D eigenvalue weighted by atomic mass is 9.97. The molecule has 34 heavy (non-hydrogen) atoms. The Bertz CT molecular complexity index is 1300. The van der Waals surface area contributed by atoms with Crippen LogP contribution in [0.2, 0.25) is 0 Å². The normalized spacial score (nSPS) is 15.6. The van der Waals surface area contributed by atoms with Gasteiger partial charge in [0.2, 0.25) is 0 Å². The third kappa shape index (κ3) is 4.50. The highest BCUT2D eigenvalue weighted by molar-refractivity contribution is 5.94. The monoisotopic (exact) mass is 475 g/mol. The van der Waals surface area contributed by atoms with E-state index in [2.05, 4.69) is 10.3 Å². The van der Waals surface area contributed by atoms with E-state index in [1.54, 1.807) is 19.9 Å². The number of rotatable bonds is 6. The summed E-state index contributed by atoms with van der Waals surface area (Å²) in [5, 5.41) is 12.5. The zero-order valence-electron chi connectivity index (χ0n) is 18.6. The summed E-state index contributed by atoms with van der Waals surface area (Å²) in [6.07, 6.45) is 0.939. The van der Waals surface area contributed by atoms with Crippen LogP contribution >= 0.6 is 0 Å². The van der Waals surface area contributed by atoms with Crippen LogP contribution in [-0.2, 0) is 4.74 Å². The van der Waals surface area contributed by atoms with Crippen LogP contribution in [0.3, 0.4) is 0 Å². The maximum atomic E-state index is 14.0. The van der Waals surface area contributed by atoms with E-state index in [0.717, 1.165) is 12.1 Å². The number of aromatic carboxylic acids is 1. The molecule has 2 heterocycles. The molecule has 2 N–H and O–H groups in total. The Morgan fingerprint density at radius 2 is 1.94 bits per heavy atom. The molecule has 0 unspecified atom stereocenters. The van der Waals surface area contributed by atoms with E-state index in [4.69, 9.17) is 4.74 Å². The quantitative estimate of drug-likeness (QED) is 0.521. The topological polar surface area (TPSA) is 93.4 Å². The van der Waals surface area contributed by atoms with Gasteiger partial charge in [-0.15, -0.1) is 0 Å². The van der Waals surface area contributed by atoms with Crippen LogP contribution in [0.1, 0.15) is 65.6 Å². The Morgan fingerprint density at radius 1 is 1.24 bits per heavy atom. The third-order valence-electron chi connectivity index (χ3n) is 6.04. The van der Waals surface area contributed by atoms with E-state index < -0.39 is 29.9 Å². The number of aromatic nitrogens is 2. The van der Waals surface area contributed by atoms with Crippen molar-refractivity contribution in [3.63, 3.8) is 0 Å². The molecule has 2 aromatic carbocycles. The van der Waals surface area contributed by atoms with Crippen LogP contribution in [0.25, 0.3) is 10.9 Å². The molecule has 180 valence electrons. The molecular formula is C24H24F3N3O4. The van der Waals surface area contributed by atoms with Crippen molar-refractivity contribution in [1.29, 1.82) is 0 Å². The largest absolute Gasteiger partial charge is 0.478 e. The lowest BCUT2D eigenvalue weighted by Gasteiger charge is -2.25. The summed E-state index contributed by atoms with van der Waals surface area (Å²) >= 11 is 0. The number of alkyl halides is 2. The summed E-state index contributed by atoms with van der Waals surface area (Å²) in [4.78, 5) is 29.3. The first-order chi connectivity index (χ1) is 16.2. The molecule has 0 aliphatic carbocycles. The van der Waals surface area contributed by atoms with E-state index in [1.807, 2.05) is 0 Å². The molecule has 0 saturated carbocycles. The predicted molar refractivity (Wildman–Crippen MR) is 120 cm³/mol. The van der Waals surface area contributed by atoms with Gasteiger partial charge in [0, 0.05) is 30.4 Å². The molecule has 1 saturated heterocycles. The van der Waals surface area contributed by atoms with Gasteiger partial charge in [-0.1, -0.05) is 6.07 Å². The number of halogens is 3. The van der Waals surface area contributed by atoms with Crippen molar-refractivity contribution >= 4 is 22.6 Å². The van der Waals surface area contributed by atoms with Crippen molar-refractivity contribution in [3.05, 3.63) is 69.0 Å². The van der Waals surface area contributed by atoms with Gasteiger partial charge in [-0.3, -0.25) is 4.79 Å². The van der Waals surface area contributed by atoms with Crippen molar-refractivity contribution in [3.8, 4) is 0 Å². The average molecular weight is 475 g/mol. The van der Waals surface area contributed by atoms with Gasteiger partial charge in [0.05, 0.1) is 22.5 Å². The van der Waals surface area contributed by atoms with Gasteiger partial charge in [0.1, 0.15) is 11.6 Å². The molecule has 0 amide bonds. The second-order valence-electron chi connectivity index (χ2n) is 8.42. The number of carboxylic acids is 1. The molecule has 0 radical (unpaired) electrons. The minimum absolute atomic E-state index is 0.0149. The average Bonchev–Trinajstić information content (AvgIpc) is 2.80. The lowest BCUT2D eigenvalue weighted by Crippen LogP contribution is -2.30. The highest BCUT2D eigenvalue weighted by Gasteiger charge is 2.28. The molecule has 1 aliphatic rings. The van der Waals surface area contributed by atoms with E-state index in [0.29, 0.717) is 41.7 Å². The van der Waals surface area contributed by atoms with E-state index in [-0.39, 0.29) is 33.9 Å². The van der Waals surface area contributed by atoms with Crippen LogP contribution in [0.15, 0.2) is 35.1 Å². The van der Waals surface area contributed by atoms with Crippen molar-refractivity contribution in [2.24, 2.45) is 0 Å². The van der Waals surface area contributed by atoms with Crippen molar-refractivity contribution in [2.45, 2.75) is 45.2 Å². The molecule has 7 nitrogen and oxygen atoms in total. The van der Waals surface area contributed by atoms with Crippen LogP contribution < -0.4 is 10.9 Å². The summed E-state index contributed by atoms with van der Waals surface area (Å²) in [5.74, 6) is -2.33. The molecule has 1 aliphatic heterocycles. The van der Waals surface area contributed by atoms with Crippen LogP contribution in [-0.4, -0.2) is 33.8 Å². The smallest absolute Gasteiger partial charge is 0.337 e. The van der Waals surface area contributed by atoms with Gasteiger partial charge in [-0.2, -0.15) is 8.78 Å². The summed E-state index contributed by atoms with van der Waals surface area (Å²) < 4.78 is 47.3. The zero-order chi connectivity index (χ0) is 24.6. The molecular weight excluding hydrogens is 451 g/mol. The van der Waals surface area contributed by atoms with Crippen LogP contribution in [0.5, 0.6) is 0 Å². The molecule has 10 heteroatoms. The van der Waals surface area contributed by atoms with Crippen molar-refractivity contribution in [2.75, 3.05) is 18.5 Å². The van der Waals surface area contributed by atoms with Gasteiger partial charge in [0.15, 0.2) is 0 Å². The van der Waals surface area contributed by atoms with Crippen LogP contribution in [0.4, 0.5) is 18.9 Å². The minimum Gasteiger partial charge on any atom is -0.478 e. The van der Waals surface area contributed by atoms with Gasteiger partial charge >= 0.3 is 12.5 Å². The number of carboxylic acid groups (broad SMARTS) is 1. The predicted octanol–water partition coefficient (Wildman–Crippen LogP) is 5.00. The van der Waals surface area contributed by atoms with Crippen molar-refractivity contribution in [1.82, 2.24) is 9.55 Å². The highest BCUT2D eigenvalue weighted by atomic mass is 19.3. The van der Waals surface area contributed by atoms with E-state index >= 15 is 0 Å². The van der Waals surface area contributed by atoms with Crippen LogP contribution in [0, 0.1) is 12.7 Å². The van der Waals surface area contributed by atoms with Gasteiger partial charge < -0.3 is 15.2 Å². The number of nitrogens with zero attached hydrogens (tertiary/aromatic N) is 2. The lowest BCUT2D eigenvalue weighted by molar-refractivity contribution is 0.0502. The molecule has 1 fully saturated rings. The fourth-order valence-corrected chi connectivity index (χ4v) is 4.39. The van der Waals surface area contributed by atoms with Gasteiger partial charge in [-0.25, -0.2) is 18.7 Å². The standard InChI is InChI=1S/C24H24F3N3O4/c1-12-9-16(13(2)28-19-4-3-15(25)11-17(19)23(32)33)20-18(10-12)22(31)30(24(26)27)21(29-20)14-5-7-34-8-6-14/h3-4,9-11,13-14,24,28H,5-8H2,1-2H3,(H,32,33)/t13-/m1/s1. The SMILES string of the molecule is Cc1cc([C@@H](C)Nc2ccc(F)cc2C(=O)O)c2nc(C3CCOCC3)n(C(F)F)c(=O)c2c1. The first-order valence-corrected chi connectivity index (χ1v) is 10.9. The number of anilines is 1. The molecule has 3 aromatic rings. The van der Waals surface area contributed by atoms with Gasteiger partial charge in [0.25, 0.3) is 5.56 Å². The maximum Gasteiger partial charge on any atom is 0.337 e. The summed E-state index contributed by atoms with van der Waals surface area (Å²) in [6.45, 7) is 1.21. The fraction of sp³-hybridized carbons (Fsp3) is 0.375. The Hall–Kier alpha value is -3.40. The fourth-order valence-electron chi connectivity index (χ4n) is 4.39. The second-order valence-corrected chi connectivity index (χ2v) is 8.42. The molecule has 1 aromatic heterocycles. The van der Waals surface area contributed by atoms with Crippen molar-refractivity contribution < 1.29 is 27.8 Å².